The molecule has 3 aromatic heterocycles. The number of carbonyl (C=O) groups is 1. The molecule has 5 aromatic rings. The number of furan rings is 2. The molecule has 0 saturated heterocycles. The van der Waals surface area contributed by atoms with Crippen molar-refractivity contribution in [2.45, 2.75) is 19.9 Å². The van der Waals surface area contributed by atoms with E-state index >= 15 is 0 Å². The number of amides is 1. The van der Waals surface area contributed by atoms with Crippen molar-refractivity contribution in [2.24, 2.45) is 0 Å². The number of aromatic nitrogens is 1. The highest BCUT2D eigenvalue weighted by molar-refractivity contribution is 7.09. The molecule has 0 aliphatic heterocycles. The lowest BCUT2D eigenvalue weighted by molar-refractivity contribution is -0.120. The number of hydrogen-bond donors (Lipinski definition) is 1. The van der Waals surface area contributed by atoms with Crippen molar-refractivity contribution in [3.05, 3.63) is 76.5 Å². The first-order valence-electron chi connectivity index (χ1n) is 9.33. The summed E-state index contributed by atoms with van der Waals surface area (Å²) in [6.45, 7) is 2.29. The minimum absolute atomic E-state index is 0.0805. The number of hydrogen-bond acceptors (Lipinski definition) is 5. The van der Waals surface area contributed by atoms with Gasteiger partial charge in [0.05, 0.1) is 24.2 Å². The van der Waals surface area contributed by atoms with Crippen molar-refractivity contribution >= 4 is 39.0 Å². The first-order chi connectivity index (χ1) is 14.2. The minimum atomic E-state index is -0.0805. The van der Waals surface area contributed by atoms with Crippen LogP contribution in [0.2, 0.25) is 0 Å². The summed E-state index contributed by atoms with van der Waals surface area (Å²) >= 11 is 1.58. The maximum atomic E-state index is 12.5. The van der Waals surface area contributed by atoms with Gasteiger partial charge >= 0.3 is 0 Å². The summed E-state index contributed by atoms with van der Waals surface area (Å²) in [5.41, 5.74) is 2.50. The zero-order valence-corrected chi connectivity index (χ0v) is 16.6. The Labute approximate surface area is 171 Å². The van der Waals surface area contributed by atoms with Gasteiger partial charge in [0.1, 0.15) is 17.0 Å². The maximum absolute atomic E-state index is 12.5. The summed E-state index contributed by atoms with van der Waals surface area (Å²) in [5.74, 6) is 1.33. The topological polar surface area (TPSA) is 68.3 Å². The van der Waals surface area contributed by atoms with E-state index in [2.05, 4.69) is 22.4 Å². The molecule has 3 heterocycles. The van der Waals surface area contributed by atoms with Crippen LogP contribution in [0.3, 0.4) is 0 Å². The van der Waals surface area contributed by atoms with Gasteiger partial charge in [-0.1, -0.05) is 30.3 Å². The van der Waals surface area contributed by atoms with Crippen molar-refractivity contribution < 1.29 is 13.6 Å². The summed E-state index contributed by atoms with van der Waals surface area (Å²) in [6.07, 6.45) is 1.92. The van der Waals surface area contributed by atoms with Gasteiger partial charge in [-0.2, -0.15) is 0 Å². The minimum Gasteiger partial charge on any atom is -0.464 e. The fourth-order valence-corrected chi connectivity index (χ4v) is 4.12. The number of rotatable bonds is 5. The third-order valence-corrected chi connectivity index (χ3v) is 5.66. The van der Waals surface area contributed by atoms with Crippen LogP contribution in [0.5, 0.6) is 0 Å². The van der Waals surface area contributed by atoms with E-state index in [0.717, 1.165) is 38.0 Å². The van der Waals surface area contributed by atoms with Gasteiger partial charge in [-0.25, -0.2) is 4.98 Å². The molecule has 6 heteroatoms. The van der Waals surface area contributed by atoms with Crippen LogP contribution in [-0.2, 0) is 17.8 Å². The van der Waals surface area contributed by atoms with Gasteiger partial charge in [0.15, 0.2) is 5.76 Å². The second kappa shape index (κ2) is 7.22. The molecule has 2 aromatic carbocycles. The Bertz CT molecular complexity index is 1330. The van der Waals surface area contributed by atoms with Gasteiger partial charge in [0.25, 0.3) is 0 Å². The average molecular weight is 402 g/mol. The molecule has 5 rings (SSSR count). The largest absolute Gasteiger partial charge is 0.464 e. The van der Waals surface area contributed by atoms with Crippen LogP contribution in [-0.4, -0.2) is 10.9 Å². The fourth-order valence-electron chi connectivity index (χ4n) is 3.51. The number of carbonyl (C=O) groups excluding carboxylic acids is 1. The Balaban J connectivity index is 1.30. The molecule has 144 valence electrons. The molecule has 0 spiro atoms. The van der Waals surface area contributed by atoms with E-state index in [4.69, 9.17) is 8.83 Å². The Hall–Kier alpha value is -3.38. The van der Waals surface area contributed by atoms with Gasteiger partial charge in [0.2, 0.25) is 5.91 Å². The number of nitrogens with one attached hydrogen (secondary N) is 1. The van der Waals surface area contributed by atoms with Crippen molar-refractivity contribution in [1.82, 2.24) is 10.3 Å². The third kappa shape index (κ3) is 3.43. The molecule has 0 aliphatic carbocycles. The highest BCUT2D eigenvalue weighted by Gasteiger charge is 2.14. The van der Waals surface area contributed by atoms with Crippen LogP contribution in [0.25, 0.3) is 33.2 Å². The van der Waals surface area contributed by atoms with E-state index < -0.39 is 0 Å². The van der Waals surface area contributed by atoms with Crippen molar-refractivity contribution in [2.75, 3.05) is 0 Å². The van der Waals surface area contributed by atoms with E-state index in [9.17, 15) is 4.79 Å². The van der Waals surface area contributed by atoms with Crippen molar-refractivity contribution in [3.63, 3.8) is 0 Å². The summed E-state index contributed by atoms with van der Waals surface area (Å²) in [6, 6.07) is 15.8. The molecule has 1 amide bonds. The Morgan fingerprint density at radius 1 is 1.14 bits per heavy atom. The lowest BCUT2D eigenvalue weighted by Gasteiger charge is -2.04. The van der Waals surface area contributed by atoms with Gasteiger partial charge in [-0.3, -0.25) is 4.79 Å². The lowest BCUT2D eigenvalue weighted by Crippen LogP contribution is -2.24. The summed E-state index contributed by atoms with van der Waals surface area (Å²) in [5, 5.41) is 9.10. The van der Waals surface area contributed by atoms with Crippen molar-refractivity contribution in [3.8, 4) is 11.5 Å². The van der Waals surface area contributed by atoms with Crippen LogP contribution in [0, 0.1) is 6.92 Å². The SMILES string of the molecule is Cc1nc(-c2ccc(CNC(=O)Cc3coc4ccc5ccccc5c34)o2)cs1. The quantitative estimate of drug-likeness (QED) is 0.423. The number of fused-ring (bicyclic) bond motifs is 3. The molecule has 5 nitrogen and oxygen atoms in total. The zero-order valence-electron chi connectivity index (χ0n) is 15.8. The van der Waals surface area contributed by atoms with Crippen LogP contribution in [0.4, 0.5) is 0 Å². The second-order valence-electron chi connectivity index (χ2n) is 6.89. The number of benzene rings is 2. The molecule has 0 saturated carbocycles. The van der Waals surface area contributed by atoms with E-state index in [0.29, 0.717) is 18.1 Å². The molecular weight excluding hydrogens is 384 g/mol. The summed E-state index contributed by atoms with van der Waals surface area (Å²) in [4.78, 5) is 17.0. The van der Waals surface area contributed by atoms with Crippen LogP contribution in [0.1, 0.15) is 16.3 Å². The Morgan fingerprint density at radius 2 is 2.03 bits per heavy atom. The van der Waals surface area contributed by atoms with Gasteiger partial charge in [0, 0.05) is 16.3 Å². The first kappa shape index (κ1) is 17.7. The standard InChI is InChI=1S/C23H18N2O3S/c1-14-25-19(13-29-14)20-9-7-17(28-20)11-24-22(26)10-16-12-27-21-8-6-15-4-2-3-5-18(15)23(16)21/h2-9,12-13H,10-11H2,1H3,(H,24,26). The number of thiazole rings is 1. The maximum Gasteiger partial charge on any atom is 0.224 e. The zero-order chi connectivity index (χ0) is 19.8. The third-order valence-electron chi connectivity index (χ3n) is 4.88. The van der Waals surface area contributed by atoms with Gasteiger partial charge in [-0.05, 0) is 35.9 Å². The molecule has 1 N–H and O–H groups in total. The van der Waals surface area contributed by atoms with E-state index in [1.165, 1.54) is 0 Å². The predicted octanol–water partition coefficient (Wildman–Crippen LogP) is 5.47. The molecule has 0 aliphatic rings. The second-order valence-corrected chi connectivity index (χ2v) is 7.95. The fraction of sp³-hybridized carbons (Fsp3) is 0.130. The number of nitrogens with zero attached hydrogens (tertiary/aromatic N) is 1. The normalized spacial score (nSPS) is 11.3. The average Bonchev–Trinajstić information content (AvgIpc) is 3.46. The molecule has 0 radical (unpaired) electrons. The lowest BCUT2D eigenvalue weighted by atomic mass is 10.0. The van der Waals surface area contributed by atoms with E-state index in [1.54, 1.807) is 17.6 Å². The smallest absolute Gasteiger partial charge is 0.224 e. The molecule has 0 unspecified atom stereocenters. The van der Waals surface area contributed by atoms with Crippen LogP contribution in [0.15, 0.2) is 69.0 Å². The van der Waals surface area contributed by atoms with Gasteiger partial charge < -0.3 is 14.2 Å². The van der Waals surface area contributed by atoms with Gasteiger partial charge in [-0.15, -0.1) is 11.3 Å². The Morgan fingerprint density at radius 3 is 2.90 bits per heavy atom. The first-order valence-corrected chi connectivity index (χ1v) is 10.2. The molecule has 29 heavy (non-hydrogen) atoms. The summed E-state index contributed by atoms with van der Waals surface area (Å²) in [7, 11) is 0. The highest BCUT2D eigenvalue weighted by Crippen LogP contribution is 2.30. The summed E-state index contributed by atoms with van der Waals surface area (Å²) < 4.78 is 11.5. The number of aryl methyl sites for hydroxylation is 1. The monoisotopic (exact) mass is 402 g/mol. The van der Waals surface area contributed by atoms with E-state index in [-0.39, 0.29) is 12.3 Å². The highest BCUT2D eigenvalue weighted by atomic mass is 32.1. The molecule has 0 atom stereocenters. The van der Waals surface area contributed by atoms with Crippen LogP contribution < -0.4 is 5.32 Å². The molecule has 0 bridgehead atoms. The van der Waals surface area contributed by atoms with Crippen LogP contribution >= 0.6 is 11.3 Å². The van der Waals surface area contributed by atoms with Crippen molar-refractivity contribution in [1.29, 1.82) is 0 Å². The Kier molecular flexibility index (Phi) is 4.41. The molecular formula is C23H18N2O3S. The van der Waals surface area contributed by atoms with E-state index in [1.807, 2.05) is 48.7 Å². The molecule has 0 fully saturated rings. The predicted molar refractivity (Wildman–Crippen MR) is 114 cm³/mol.